The van der Waals surface area contributed by atoms with E-state index in [1.807, 2.05) is 19.1 Å². The van der Waals surface area contributed by atoms with Gasteiger partial charge < -0.3 is 20.2 Å². The first-order chi connectivity index (χ1) is 11.4. The van der Waals surface area contributed by atoms with Crippen molar-refractivity contribution in [2.45, 2.75) is 32.3 Å². The van der Waals surface area contributed by atoms with E-state index in [-0.39, 0.29) is 13.0 Å². The molecule has 1 unspecified atom stereocenters. The summed E-state index contributed by atoms with van der Waals surface area (Å²) in [5.41, 5.74) is 0.484. The lowest BCUT2D eigenvalue weighted by atomic mass is 10.0. The number of carbonyl (C=O) groups is 2. The second kappa shape index (κ2) is 7.79. The Hall–Kier alpha value is -2.60. The third-order valence-corrected chi connectivity index (χ3v) is 3.59. The van der Waals surface area contributed by atoms with Gasteiger partial charge in [0.05, 0.1) is 11.9 Å². The van der Waals surface area contributed by atoms with Gasteiger partial charge >= 0.3 is 11.8 Å². The molecule has 1 aromatic heterocycles. The highest BCUT2D eigenvalue weighted by atomic mass is 16.3. The Morgan fingerprint density at radius 2 is 1.88 bits per heavy atom. The monoisotopic (exact) mass is 330 g/mol. The summed E-state index contributed by atoms with van der Waals surface area (Å²) < 4.78 is 5.17. The number of anilines is 1. The molecule has 6 nitrogen and oxygen atoms in total. The minimum atomic E-state index is -1.21. The van der Waals surface area contributed by atoms with Crippen LogP contribution >= 0.6 is 0 Å². The van der Waals surface area contributed by atoms with Gasteiger partial charge in [-0.25, -0.2) is 0 Å². The van der Waals surface area contributed by atoms with E-state index < -0.39 is 17.4 Å². The van der Waals surface area contributed by atoms with Crippen molar-refractivity contribution in [3.05, 3.63) is 54.0 Å². The van der Waals surface area contributed by atoms with Gasteiger partial charge in [0, 0.05) is 18.7 Å². The molecule has 2 aromatic rings. The molecule has 0 fully saturated rings. The van der Waals surface area contributed by atoms with E-state index in [0.717, 1.165) is 12.0 Å². The second-order valence-electron chi connectivity index (χ2n) is 5.94. The molecule has 128 valence electrons. The lowest BCUT2D eigenvalue weighted by Gasteiger charge is -2.22. The number of hydrogen-bond donors (Lipinski definition) is 3. The van der Waals surface area contributed by atoms with Crippen molar-refractivity contribution in [3.63, 3.8) is 0 Å². The van der Waals surface area contributed by atoms with E-state index in [1.165, 1.54) is 6.26 Å². The summed E-state index contributed by atoms with van der Waals surface area (Å²) in [7, 11) is 0. The second-order valence-corrected chi connectivity index (χ2v) is 5.94. The van der Waals surface area contributed by atoms with Crippen LogP contribution < -0.4 is 10.6 Å². The average Bonchev–Trinajstić information content (AvgIpc) is 3.05. The van der Waals surface area contributed by atoms with Gasteiger partial charge in [-0.2, -0.15) is 0 Å². The highest BCUT2D eigenvalue weighted by molar-refractivity contribution is 6.39. The first-order valence-electron chi connectivity index (χ1n) is 7.82. The smallest absolute Gasteiger partial charge is 0.313 e. The fraction of sp³-hybridized carbons (Fsp3) is 0.333. The molecule has 1 heterocycles. The van der Waals surface area contributed by atoms with Crippen molar-refractivity contribution in [1.29, 1.82) is 0 Å². The highest BCUT2D eigenvalue weighted by Crippen LogP contribution is 2.13. The molecule has 3 N–H and O–H groups in total. The summed E-state index contributed by atoms with van der Waals surface area (Å²) in [5.74, 6) is -0.961. The predicted octanol–water partition coefficient (Wildman–Crippen LogP) is 1.89. The van der Waals surface area contributed by atoms with Gasteiger partial charge in [0.25, 0.3) is 0 Å². The zero-order chi connectivity index (χ0) is 17.6. The Balaban J connectivity index is 1.83. The molecule has 0 aliphatic heterocycles. The van der Waals surface area contributed by atoms with Crippen LogP contribution in [-0.2, 0) is 22.4 Å². The Kier molecular flexibility index (Phi) is 5.76. The molecule has 0 bridgehead atoms. The number of amides is 2. The first kappa shape index (κ1) is 17.7. The van der Waals surface area contributed by atoms with Gasteiger partial charge in [-0.1, -0.05) is 19.1 Å². The molecule has 0 saturated carbocycles. The number of nitrogens with one attached hydrogen (secondary N) is 2. The van der Waals surface area contributed by atoms with Crippen LogP contribution in [0.5, 0.6) is 0 Å². The van der Waals surface area contributed by atoms with Gasteiger partial charge in [-0.15, -0.1) is 0 Å². The molecule has 6 heteroatoms. The Bertz CT molecular complexity index is 676. The molecule has 0 aliphatic rings. The summed E-state index contributed by atoms with van der Waals surface area (Å²) in [6, 6.07) is 10.7. The SMILES string of the molecule is CCc1ccc(NC(=O)C(=O)NCC(C)(O)Cc2ccco2)cc1. The summed E-state index contributed by atoms with van der Waals surface area (Å²) in [6.07, 6.45) is 2.65. The normalized spacial score (nSPS) is 13.1. The van der Waals surface area contributed by atoms with Gasteiger partial charge in [0.1, 0.15) is 5.76 Å². The molecule has 1 aromatic carbocycles. The van der Waals surface area contributed by atoms with Crippen molar-refractivity contribution < 1.29 is 19.1 Å². The van der Waals surface area contributed by atoms with Crippen LogP contribution in [0, 0.1) is 0 Å². The quantitative estimate of drug-likeness (QED) is 0.705. The van der Waals surface area contributed by atoms with E-state index in [2.05, 4.69) is 10.6 Å². The lowest BCUT2D eigenvalue weighted by molar-refractivity contribution is -0.136. The maximum Gasteiger partial charge on any atom is 0.313 e. The summed E-state index contributed by atoms with van der Waals surface area (Å²) >= 11 is 0. The number of hydrogen-bond acceptors (Lipinski definition) is 4. The highest BCUT2D eigenvalue weighted by Gasteiger charge is 2.25. The van der Waals surface area contributed by atoms with Crippen molar-refractivity contribution in [3.8, 4) is 0 Å². The number of aliphatic hydroxyl groups is 1. The third kappa shape index (κ3) is 5.24. The topological polar surface area (TPSA) is 91.6 Å². The molecular formula is C18H22N2O4. The standard InChI is InChI=1S/C18H22N2O4/c1-3-13-6-8-14(9-7-13)20-17(22)16(21)19-12-18(2,23)11-15-5-4-10-24-15/h4-10,23H,3,11-12H2,1-2H3,(H,19,21)(H,20,22). The molecule has 0 radical (unpaired) electrons. The van der Waals surface area contributed by atoms with Crippen LogP contribution in [-0.4, -0.2) is 29.1 Å². The van der Waals surface area contributed by atoms with Crippen molar-refractivity contribution in [2.24, 2.45) is 0 Å². The largest absolute Gasteiger partial charge is 0.469 e. The minimum Gasteiger partial charge on any atom is -0.469 e. The number of carbonyl (C=O) groups excluding carboxylic acids is 2. The molecule has 2 rings (SSSR count). The van der Waals surface area contributed by atoms with Gasteiger partial charge in [-0.3, -0.25) is 9.59 Å². The maximum absolute atomic E-state index is 11.9. The Labute approximate surface area is 140 Å². The number of aryl methyl sites for hydroxylation is 1. The fourth-order valence-corrected chi connectivity index (χ4v) is 2.21. The zero-order valence-corrected chi connectivity index (χ0v) is 13.8. The van der Waals surface area contributed by atoms with Crippen molar-refractivity contribution >= 4 is 17.5 Å². The van der Waals surface area contributed by atoms with Crippen LogP contribution in [0.2, 0.25) is 0 Å². The molecular weight excluding hydrogens is 308 g/mol. The van der Waals surface area contributed by atoms with Gasteiger partial charge in [0.15, 0.2) is 0 Å². The zero-order valence-electron chi connectivity index (χ0n) is 13.8. The van der Waals surface area contributed by atoms with E-state index in [9.17, 15) is 14.7 Å². The van der Waals surface area contributed by atoms with Crippen LogP contribution in [0.4, 0.5) is 5.69 Å². The summed E-state index contributed by atoms with van der Waals surface area (Å²) in [5, 5.41) is 15.2. The predicted molar refractivity (Wildman–Crippen MR) is 90.5 cm³/mol. The average molecular weight is 330 g/mol. The van der Waals surface area contributed by atoms with Crippen LogP contribution in [0.3, 0.4) is 0 Å². The number of rotatable bonds is 6. The van der Waals surface area contributed by atoms with Crippen molar-refractivity contribution in [1.82, 2.24) is 5.32 Å². The van der Waals surface area contributed by atoms with Gasteiger partial charge in [-0.05, 0) is 43.2 Å². The molecule has 24 heavy (non-hydrogen) atoms. The number of benzene rings is 1. The lowest BCUT2D eigenvalue weighted by Crippen LogP contribution is -2.45. The number of furan rings is 1. The van der Waals surface area contributed by atoms with Crippen molar-refractivity contribution in [2.75, 3.05) is 11.9 Å². The Morgan fingerprint density at radius 3 is 2.46 bits per heavy atom. The van der Waals surface area contributed by atoms with Gasteiger partial charge in [0.2, 0.25) is 0 Å². The molecule has 2 amide bonds. The van der Waals surface area contributed by atoms with E-state index >= 15 is 0 Å². The minimum absolute atomic E-state index is 0.0608. The third-order valence-electron chi connectivity index (χ3n) is 3.59. The summed E-state index contributed by atoms with van der Waals surface area (Å²) in [4.78, 5) is 23.7. The van der Waals surface area contributed by atoms with Crippen LogP contribution in [0.25, 0.3) is 0 Å². The fourth-order valence-electron chi connectivity index (χ4n) is 2.21. The Morgan fingerprint density at radius 1 is 1.17 bits per heavy atom. The molecule has 0 aliphatic carbocycles. The van der Waals surface area contributed by atoms with E-state index in [1.54, 1.807) is 31.2 Å². The molecule has 1 atom stereocenters. The molecule has 0 saturated heterocycles. The van der Waals surface area contributed by atoms with Crippen LogP contribution in [0.1, 0.15) is 25.2 Å². The van der Waals surface area contributed by atoms with E-state index in [0.29, 0.717) is 11.4 Å². The maximum atomic E-state index is 11.9. The summed E-state index contributed by atoms with van der Waals surface area (Å²) in [6.45, 7) is 3.54. The van der Waals surface area contributed by atoms with E-state index in [4.69, 9.17) is 4.42 Å². The first-order valence-corrected chi connectivity index (χ1v) is 7.82. The molecule has 0 spiro atoms. The van der Waals surface area contributed by atoms with Crippen LogP contribution in [0.15, 0.2) is 47.1 Å².